The molecule has 0 aliphatic carbocycles. The van der Waals surface area contributed by atoms with Gasteiger partial charge in [-0.15, -0.1) is 0 Å². The molecule has 0 radical (unpaired) electrons. The van der Waals surface area contributed by atoms with Crippen molar-refractivity contribution in [2.75, 3.05) is 6.07 Å². The van der Waals surface area contributed by atoms with Crippen molar-refractivity contribution in [1.82, 2.24) is 5.32 Å². The fourth-order valence-corrected chi connectivity index (χ4v) is 1.29. The Morgan fingerprint density at radius 3 is 2.68 bits per heavy atom. The second-order valence-electron chi connectivity index (χ2n) is 4.70. The molecule has 0 atom stereocenters. The quantitative estimate of drug-likeness (QED) is 0.681. The van der Waals surface area contributed by atoms with Crippen LogP contribution < -0.4 is 5.32 Å². The molecule has 0 aliphatic heterocycles. The summed E-state index contributed by atoms with van der Waals surface area (Å²) in [5.74, 6) is -0.172. The van der Waals surface area contributed by atoms with Gasteiger partial charge in [-0.25, -0.2) is 9.59 Å². The summed E-state index contributed by atoms with van der Waals surface area (Å²) in [6, 6.07) is 1.24. The normalized spacial score (nSPS) is 10.9. The van der Waals surface area contributed by atoms with E-state index >= 15 is 0 Å². The highest BCUT2D eigenvalue weighted by atomic mass is 35.5. The van der Waals surface area contributed by atoms with Crippen LogP contribution in [0.2, 0.25) is 0 Å². The van der Waals surface area contributed by atoms with Gasteiger partial charge in [0.2, 0.25) is 0 Å². The van der Waals surface area contributed by atoms with Gasteiger partial charge in [0.15, 0.2) is 6.07 Å². The molecule has 0 bridgehead atoms. The molecule has 0 saturated heterocycles. The van der Waals surface area contributed by atoms with Crippen molar-refractivity contribution in [1.29, 1.82) is 0 Å². The van der Waals surface area contributed by atoms with E-state index in [1.807, 2.05) is 0 Å². The standard InChI is InChI=1S/C12H16ClNO5/c1-12(2,3)19-11(16)14-5-9-4-8(6-17-9)10(15)18-7-13/h4,6H,5,7H2,1-3H3,(H,14,16). The van der Waals surface area contributed by atoms with Crippen molar-refractivity contribution in [2.45, 2.75) is 32.9 Å². The van der Waals surface area contributed by atoms with E-state index in [0.29, 0.717) is 5.76 Å². The van der Waals surface area contributed by atoms with Crippen LogP contribution in [0.3, 0.4) is 0 Å². The zero-order chi connectivity index (χ0) is 14.5. The highest BCUT2D eigenvalue weighted by Gasteiger charge is 2.17. The molecule has 0 fully saturated rings. The summed E-state index contributed by atoms with van der Waals surface area (Å²) in [5.41, 5.74) is -0.329. The predicted molar refractivity (Wildman–Crippen MR) is 67.9 cm³/mol. The lowest BCUT2D eigenvalue weighted by atomic mass is 10.2. The van der Waals surface area contributed by atoms with Crippen molar-refractivity contribution in [3.63, 3.8) is 0 Å². The summed E-state index contributed by atoms with van der Waals surface area (Å²) < 4.78 is 14.7. The third-order valence-electron chi connectivity index (χ3n) is 1.88. The van der Waals surface area contributed by atoms with Gasteiger partial charge in [-0.1, -0.05) is 11.6 Å². The maximum atomic E-state index is 11.4. The van der Waals surface area contributed by atoms with E-state index in [1.54, 1.807) is 20.8 Å². The molecule has 0 unspecified atom stereocenters. The first-order chi connectivity index (χ1) is 8.81. The smallest absolute Gasteiger partial charge is 0.408 e. The lowest BCUT2D eigenvalue weighted by Crippen LogP contribution is -2.32. The van der Waals surface area contributed by atoms with Gasteiger partial charge >= 0.3 is 12.1 Å². The fraction of sp³-hybridized carbons (Fsp3) is 0.500. The van der Waals surface area contributed by atoms with Crippen molar-refractivity contribution >= 4 is 23.7 Å². The van der Waals surface area contributed by atoms with Crippen LogP contribution >= 0.6 is 11.6 Å². The molecule has 1 aromatic rings. The van der Waals surface area contributed by atoms with Crippen molar-refractivity contribution in [2.24, 2.45) is 0 Å². The fourth-order valence-electron chi connectivity index (χ4n) is 1.19. The van der Waals surface area contributed by atoms with Gasteiger partial charge in [0.25, 0.3) is 0 Å². The molecule has 7 heteroatoms. The minimum absolute atomic E-state index is 0.114. The number of rotatable bonds is 4. The predicted octanol–water partition coefficient (Wildman–Crippen LogP) is 2.66. The number of amides is 1. The van der Waals surface area contributed by atoms with Crippen molar-refractivity contribution < 1.29 is 23.5 Å². The Bertz CT molecular complexity index is 449. The summed E-state index contributed by atoms with van der Waals surface area (Å²) in [6.07, 6.45) is 0.676. The zero-order valence-electron chi connectivity index (χ0n) is 11.0. The van der Waals surface area contributed by atoms with Crippen LogP contribution in [-0.4, -0.2) is 23.7 Å². The first-order valence-electron chi connectivity index (χ1n) is 5.59. The summed E-state index contributed by atoms with van der Waals surface area (Å²) >= 11 is 5.27. The summed E-state index contributed by atoms with van der Waals surface area (Å²) in [5, 5.41) is 2.51. The van der Waals surface area contributed by atoms with Crippen LogP contribution in [0.4, 0.5) is 4.79 Å². The Hall–Kier alpha value is -1.69. The van der Waals surface area contributed by atoms with E-state index < -0.39 is 17.7 Å². The van der Waals surface area contributed by atoms with Crippen LogP contribution in [0.1, 0.15) is 36.9 Å². The lowest BCUT2D eigenvalue weighted by Gasteiger charge is -2.19. The maximum Gasteiger partial charge on any atom is 0.408 e. The molecule has 19 heavy (non-hydrogen) atoms. The first-order valence-corrected chi connectivity index (χ1v) is 6.12. The Kier molecular flexibility index (Phi) is 5.23. The number of ether oxygens (including phenoxy) is 2. The zero-order valence-corrected chi connectivity index (χ0v) is 11.7. The van der Waals surface area contributed by atoms with E-state index in [9.17, 15) is 9.59 Å². The van der Waals surface area contributed by atoms with E-state index in [1.165, 1.54) is 12.3 Å². The maximum absolute atomic E-state index is 11.4. The number of hydrogen-bond acceptors (Lipinski definition) is 5. The number of furan rings is 1. The first kappa shape index (κ1) is 15.4. The summed E-state index contributed by atoms with van der Waals surface area (Å²) in [4.78, 5) is 22.7. The SMILES string of the molecule is CC(C)(C)OC(=O)NCc1cc(C(=O)OCCl)co1. The van der Waals surface area contributed by atoms with Gasteiger partial charge in [-0.3, -0.25) is 0 Å². The molecule has 0 aromatic carbocycles. The molecule has 1 aromatic heterocycles. The highest BCUT2D eigenvalue weighted by molar-refractivity contribution is 6.17. The van der Waals surface area contributed by atoms with E-state index in [4.69, 9.17) is 20.8 Å². The number of carbonyl (C=O) groups is 2. The van der Waals surface area contributed by atoms with Crippen molar-refractivity contribution in [3.05, 3.63) is 23.7 Å². The van der Waals surface area contributed by atoms with Gasteiger partial charge in [0.05, 0.1) is 12.1 Å². The van der Waals surface area contributed by atoms with Crippen LogP contribution in [-0.2, 0) is 16.0 Å². The van der Waals surface area contributed by atoms with E-state index in [-0.39, 0.29) is 18.2 Å². The number of esters is 1. The number of alkyl halides is 1. The molecule has 1 rings (SSSR count). The third-order valence-corrected chi connectivity index (χ3v) is 1.99. The number of carbonyl (C=O) groups excluding carboxylic acids is 2. The van der Waals surface area contributed by atoms with Gasteiger partial charge in [-0.05, 0) is 26.8 Å². The number of alkyl carbamates (subject to hydrolysis) is 1. The van der Waals surface area contributed by atoms with E-state index in [2.05, 4.69) is 10.1 Å². The van der Waals surface area contributed by atoms with Gasteiger partial charge < -0.3 is 19.2 Å². The summed E-state index contributed by atoms with van der Waals surface area (Å²) in [6.45, 7) is 5.41. The molecule has 0 spiro atoms. The Balaban J connectivity index is 2.46. The number of hydrogen-bond donors (Lipinski definition) is 1. The van der Waals surface area contributed by atoms with Crippen LogP contribution in [0.15, 0.2) is 16.7 Å². The minimum Gasteiger partial charge on any atom is -0.467 e. The second kappa shape index (κ2) is 6.47. The monoisotopic (exact) mass is 289 g/mol. The Labute approximate surface area is 116 Å². The molecule has 106 valence electrons. The van der Waals surface area contributed by atoms with Gasteiger partial charge in [0.1, 0.15) is 17.6 Å². The molecule has 0 saturated carbocycles. The largest absolute Gasteiger partial charge is 0.467 e. The van der Waals surface area contributed by atoms with E-state index in [0.717, 1.165) is 0 Å². The average Bonchev–Trinajstić information content (AvgIpc) is 2.73. The van der Waals surface area contributed by atoms with Gasteiger partial charge in [-0.2, -0.15) is 0 Å². The van der Waals surface area contributed by atoms with Crippen LogP contribution in [0, 0.1) is 0 Å². The van der Waals surface area contributed by atoms with Crippen molar-refractivity contribution in [3.8, 4) is 0 Å². The Morgan fingerprint density at radius 2 is 2.11 bits per heavy atom. The molecular weight excluding hydrogens is 274 g/mol. The van der Waals surface area contributed by atoms with Crippen LogP contribution in [0.5, 0.6) is 0 Å². The molecule has 6 nitrogen and oxygen atoms in total. The summed E-state index contributed by atoms with van der Waals surface area (Å²) in [7, 11) is 0. The topological polar surface area (TPSA) is 77.8 Å². The molecule has 1 N–H and O–H groups in total. The molecular formula is C12H16ClNO5. The highest BCUT2D eigenvalue weighted by Crippen LogP contribution is 2.10. The number of halogens is 1. The second-order valence-corrected chi connectivity index (χ2v) is 4.92. The minimum atomic E-state index is -0.581. The Morgan fingerprint density at radius 1 is 1.42 bits per heavy atom. The molecule has 1 amide bonds. The number of nitrogens with one attached hydrogen (secondary N) is 1. The van der Waals surface area contributed by atoms with Gasteiger partial charge in [0, 0.05) is 0 Å². The molecule has 1 heterocycles. The average molecular weight is 290 g/mol. The lowest BCUT2D eigenvalue weighted by molar-refractivity contribution is 0.0518. The third kappa shape index (κ3) is 5.65. The molecule has 0 aliphatic rings. The van der Waals surface area contributed by atoms with Crippen LogP contribution in [0.25, 0.3) is 0 Å².